The molecular formula is C99H134N16O18. The van der Waals surface area contributed by atoms with Crippen molar-refractivity contribution in [1.82, 2.24) is 71.4 Å². The normalized spacial score (nSPS) is 9.28. The van der Waals surface area contributed by atoms with Gasteiger partial charge in [0.15, 0.2) is 25.3 Å². The highest BCUT2D eigenvalue weighted by molar-refractivity contribution is 5.94. The molecule has 0 radical (unpaired) electrons. The standard InChI is InChI=1S/C16H20N2O.C14H13NO2.C13H11NO2.C11H16N2O3.C9H14N2O.2C7H7NO3.2C5H5NO.3C3H9N.C2H4O.CH5N/c1-2-8-17-10-15-9-16(12-18-11-15)19-13-14-6-4-3-5-7-14;1-11(16)13-7-14(9-15-8-13)17-10-12-5-3-2-4-6-12;15-9-12-6-13(8-14-7-12)16-10-11-4-2-1-3-5-11;1-2-3-12-5-9-4-10(7-13-6-9)16-8-11(14)15;1-2-3-10-5-8-4-9(12)7-11-6-8;1-11-7(10)5-2-6(9)4-8-3-5;9-7(10)5-11-6-2-1-3-8-4-6;2*7-5-2-1-3-6-4-5;2*1-3-4-2;1-2-3-4;1-2-3;1-2/h3-7,9,11-12,17H,2,8,10,13H2,1H3;2-9H,10H2,1H3;1-9H,10H2;4,6-7,12H,2-3,5,8H2,1H3,(H,14,15);4,6-7,10,12H,2-3,5H2,1H3;2-4,9H,1H3;1-4H,5H2,(H,9,10);2*1-4,7H;2*4H,3H2,1-2H3;2-4H2,1H3;2H,1H3;2H2,1H3. The zero-order valence-corrected chi connectivity index (χ0v) is 78.1. The van der Waals surface area contributed by atoms with E-state index in [4.69, 9.17) is 64.9 Å². The van der Waals surface area contributed by atoms with Gasteiger partial charge in [-0.25, -0.2) is 14.4 Å². The Morgan fingerprint density at radius 1 is 0.376 bits per heavy atom. The van der Waals surface area contributed by atoms with Crippen LogP contribution in [0.4, 0.5) is 0 Å². The molecule has 718 valence electrons. The Morgan fingerprint density at radius 3 is 1.02 bits per heavy atom. The smallest absolute Gasteiger partial charge is 0.341 e. The molecule has 0 unspecified atom stereocenters. The summed E-state index contributed by atoms with van der Waals surface area (Å²) in [7, 11) is 6.63. The number of carbonyl (C=O) groups is 6. The molecule has 34 nitrogen and oxygen atoms in total. The lowest BCUT2D eigenvalue weighted by Crippen LogP contribution is -2.14. The van der Waals surface area contributed by atoms with Gasteiger partial charge in [-0.15, -0.1) is 0 Å². The Kier molecular flexibility index (Phi) is 77.3. The average Bonchev–Trinajstić information content (AvgIpc) is 0.862. The van der Waals surface area contributed by atoms with Crippen LogP contribution >= 0.6 is 0 Å². The summed E-state index contributed by atoms with van der Waals surface area (Å²) < 4.78 is 31.1. The predicted molar refractivity (Wildman–Crippen MR) is 516 cm³/mol. The fourth-order valence-electron chi connectivity index (χ4n) is 8.66. The van der Waals surface area contributed by atoms with Crippen LogP contribution in [-0.4, -0.2) is 192 Å². The molecule has 34 heteroatoms. The number of benzene rings is 3. The van der Waals surface area contributed by atoms with Crippen molar-refractivity contribution in [3.8, 4) is 51.7 Å². The van der Waals surface area contributed by atoms with E-state index in [-0.39, 0.29) is 47.6 Å². The molecule has 0 aliphatic rings. The monoisotopic (exact) mass is 1840 g/mol. The maximum atomic E-state index is 11.2. The van der Waals surface area contributed by atoms with Crippen molar-refractivity contribution < 1.29 is 87.8 Å². The lowest BCUT2D eigenvalue weighted by Gasteiger charge is -2.08. The van der Waals surface area contributed by atoms with Gasteiger partial charge in [0.2, 0.25) is 0 Å². The van der Waals surface area contributed by atoms with Crippen molar-refractivity contribution >= 4 is 36.3 Å². The number of carbonyl (C=O) groups excluding carboxylic acids is 4. The van der Waals surface area contributed by atoms with Gasteiger partial charge in [-0.05, 0) is 206 Å². The molecule has 15 N–H and O–H groups in total. The van der Waals surface area contributed by atoms with Crippen molar-refractivity contribution in [2.45, 2.75) is 121 Å². The molecule has 0 atom stereocenters. The van der Waals surface area contributed by atoms with E-state index in [1.54, 1.807) is 110 Å². The average molecular weight is 1840 g/mol. The largest absolute Gasteiger partial charge is 0.506 e. The van der Waals surface area contributed by atoms with Crippen molar-refractivity contribution in [2.75, 3.05) is 80.7 Å². The zero-order chi connectivity index (χ0) is 98.8. The second-order valence-corrected chi connectivity index (χ2v) is 26.3. The van der Waals surface area contributed by atoms with Gasteiger partial charge in [0.1, 0.15) is 77.9 Å². The molecule has 12 rings (SSSR count). The van der Waals surface area contributed by atoms with Gasteiger partial charge in [-0.1, -0.05) is 133 Å². The summed E-state index contributed by atoms with van der Waals surface area (Å²) in [5.41, 5.74) is 17.3. The molecule has 0 fully saturated rings. The number of esters is 1. The first-order chi connectivity index (χ1) is 64.5. The number of methoxy groups -OCH3 is 1. The van der Waals surface area contributed by atoms with Crippen molar-refractivity contribution in [3.63, 3.8) is 0 Å². The van der Waals surface area contributed by atoms with Gasteiger partial charge in [0, 0.05) is 86.5 Å². The minimum atomic E-state index is -0.992. The fourth-order valence-corrected chi connectivity index (χ4v) is 8.66. The zero-order valence-electron chi connectivity index (χ0n) is 78.1. The van der Waals surface area contributed by atoms with Gasteiger partial charge in [0.05, 0.1) is 68.4 Å². The van der Waals surface area contributed by atoms with E-state index in [1.807, 2.05) is 105 Å². The molecule has 0 saturated heterocycles. The van der Waals surface area contributed by atoms with E-state index in [1.165, 1.54) is 89.8 Å². The fraction of sp³-hybridized carbons (Fsp3) is 0.303. The Labute approximate surface area is 781 Å². The molecule has 0 spiro atoms. The predicted octanol–water partition coefficient (Wildman–Crippen LogP) is 14.1. The maximum absolute atomic E-state index is 11.2. The number of carboxylic acid groups (broad SMARTS) is 2. The first-order valence-corrected chi connectivity index (χ1v) is 42.5. The van der Waals surface area contributed by atoms with Crippen LogP contribution in [0.3, 0.4) is 0 Å². The molecular weight excluding hydrogens is 1700 g/mol. The molecule has 0 amide bonds. The number of aldehydes is 2. The number of rotatable bonds is 33. The number of aromatic hydroxyl groups is 4. The second kappa shape index (κ2) is 85.4. The van der Waals surface area contributed by atoms with Crippen molar-refractivity contribution in [3.05, 3.63) is 325 Å². The maximum Gasteiger partial charge on any atom is 0.341 e. The van der Waals surface area contributed by atoms with Gasteiger partial charge in [-0.2, -0.15) is 0 Å². The van der Waals surface area contributed by atoms with E-state index in [0.717, 1.165) is 130 Å². The number of hydrogen-bond donors (Lipinski definition) is 13. The van der Waals surface area contributed by atoms with Crippen molar-refractivity contribution in [1.29, 1.82) is 0 Å². The van der Waals surface area contributed by atoms with Gasteiger partial charge in [0.25, 0.3) is 0 Å². The van der Waals surface area contributed by atoms with Crippen molar-refractivity contribution in [2.24, 2.45) is 11.5 Å². The molecule has 0 bridgehead atoms. The number of nitrogens with two attached hydrogens (primary N) is 2. The van der Waals surface area contributed by atoms with E-state index in [9.17, 15) is 24.0 Å². The Hall–Kier alpha value is -14.7. The highest BCUT2D eigenvalue weighted by Crippen LogP contribution is 2.18. The first kappa shape index (κ1) is 120. The summed E-state index contributed by atoms with van der Waals surface area (Å²) in [6, 6.07) is 49.9. The second-order valence-electron chi connectivity index (χ2n) is 26.3. The van der Waals surface area contributed by atoms with Gasteiger partial charge >= 0.3 is 17.9 Å². The number of ketones is 1. The summed E-state index contributed by atoms with van der Waals surface area (Å²) in [5, 5.41) is 67.5. The third-order valence-electron chi connectivity index (χ3n) is 15.1. The number of hydrogen-bond acceptors (Lipinski definition) is 32. The lowest BCUT2D eigenvalue weighted by atomic mass is 10.2. The summed E-state index contributed by atoms with van der Waals surface area (Å²) in [4.78, 5) is 96.2. The van der Waals surface area contributed by atoms with E-state index >= 15 is 0 Å². The first-order valence-electron chi connectivity index (χ1n) is 42.5. The van der Waals surface area contributed by atoms with E-state index in [0.29, 0.717) is 60.5 Å². The number of aromatic nitrogens is 9. The number of nitrogens with zero attached hydrogens (tertiary/aromatic N) is 9. The number of ether oxygens (including phenoxy) is 6. The molecule has 12 aromatic rings. The topological polar surface area (TPSA) is 507 Å². The van der Waals surface area contributed by atoms with Crippen LogP contribution in [0.25, 0.3) is 0 Å². The Morgan fingerprint density at radius 2 is 0.699 bits per heavy atom. The van der Waals surface area contributed by atoms with Crippen LogP contribution in [0.2, 0.25) is 0 Å². The molecule has 0 aliphatic heterocycles. The number of pyridine rings is 9. The van der Waals surface area contributed by atoms with E-state index in [2.05, 4.69) is 136 Å². The molecule has 3 aromatic carbocycles. The summed E-state index contributed by atoms with van der Waals surface area (Å²) in [6.45, 7) is 24.6. The quantitative estimate of drug-likeness (QED) is 0.00786. The highest BCUT2D eigenvalue weighted by Gasteiger charge is 2.08. The Bertz CT molecular complexity index is 4780. The third-order valence-corrected chi connectivity index (χ3v) is 15.1. The lowest BCUT2D eigenvalue weighted by molar-refractivity contribution is -0.140. The van der Waals surface area contributed by atoms with Gasteiger partial charge < -0.3 is 102 Å². The Balaban J connectivity index is 0. The van der Waals surface area contributed by atoms with Crippen LogP contribution in [0.15, 0.2) is 275 Å². The summed E-state index contributed by atoms with van der Waals surface area (Å²) in [5.74, 6) is 1.09. The minimum absolute atomic E-state index is 0.0114. The SMILES string of the molecule is CC(=O)c1cncc(OCc2ccccc2)c1.CC=O.CCCN.CCCNCc1cncc(O)c1.CCCNCc1cncc(OCC(=O)O)c1.CCCNCc1cncc(OCc2ccccc2)c1.CCNC.CCNC.CN.COC(=O)c1cncc(O)c1.O=C(O)COc1cccnc1.O=Cc1cncc(OCc2ccccc2)c1.Oc1cccnc1.Oc1cccnc1. The molecule has 133 heavy (non-hydrogen) atoms. The summed E-state index contributed by atoms with van der Waals surface area (Å²) in [6.07, 6.45) is 33.8. The summed E-state index contributed by atoms with van der Waals surface area (Å²) >= 11 is 0. The number of Topliss-reactive ketones (excluding diaryl/α,β-unsaturated/α-hetero) is 1. The van der Waals surface area contributed by atoms with Crippen LogP contribution in [0.1, 0.15) is 146 Å². The number of nitrogens with one attached hydrogen (secondary N) is 5. The number of aliphatic carboxylic acids is 2. The molecule has 9 heterocycles. The van der Waals surface area contributed by atoms with Crippen LogP contribution in [0.5, 0.6) is 51.7 Å². The third kappa shape index (κ3) is 70.9. The number of carboxylic acids is 2. The molecule has 0 saturated carbocycles. The molecule has 9 aromatic heterocycles. The van der Waals surface area contributed by atoms with E-state index < -0.39 is 17.9 Å². The van der Waals surface area contributed by atoms with Crippen LogP contribution in [0, 0.1) is 0 Å². The van der Waals surface area contributed by atoms with Crippen LogP contribution in [-0.2, 0) is 58.6 Å². The minimum Gasteiger partial charge on any atom is -0.506 e. The highest BCUT2D eigenvalue weighted by atomic mass is 16.5. The molecule has 0 aliphatic carbocycles. The van der Waals surface area contributed by atoms with Gasteiger partial charge in [-0.3, -0.25) is 54.4 Å². The van der Waals surface area contributed by atoms with Crippen LogP contribution < -0.4 is 61.7 Å².